The molecule has 174 valence electrons. The Bertz CT molecular complexity index is 889. The standard InChI is InChI=1S/C22H30FN7O.HI/c1-3-24-21(28-16-18-6-5-17(2)19(23)15-18)25-10-7-20(31)29-11-13-30(14-12-29)22-26-8-4-9-27-22;/h4-6,8-9,15H,3,7,10-14,16H2,1-2H3,(H2,24,25,28);1H. The van der Waals surface area contributed by atoms with Gasteiger partial charge in [0.2, 0.25) is 11.9 Å². The Morgan fingerprint density at radius 3 is 2.53 bits per heavy atom. The van der Waals surface area contributed by atoms with Crippen molar-refractivity contribution in [3.63, 3.8) is 0 Å². The van der Waals surface area contributed by atoms with E-state index >= 15 is 0 Å². The number of hydrogen-bond acceptors (Lipinski definition) is 5. The first kappa shape index (κ1) is 25.8. The molecule has 1 aromatic carbocycles. The smallest absolute Gasteiger partial charge is 0.225 e. The highest BCUT2D eigenvalue weighted by molar-refractivity contribution is 14.0. The van der Waals surface area contributed by atoms with Crippen LogP contribution >= 0.6 is 24.0 Å². The van der Waals surface area contributed by atoms with Crippen LogP contribution < -0.4 is 15.5 Å². The van der Waals surface area contributed by atoms with Crippen LogP contribution in [0.2, 0.25) is 0 Å². The predicted molar refractivity (Wildman–Crippen MR) is 135 cm³/mol. The zero-order chi connectivity index (χ0) is 22.1. The van der Waals surface area contributed by atoms with E-state index in [9.17, 15) is 9.18 Å². The number of guanidine groups is 1. The zero-order valence-corrected chi connectivity index (χ0v) is 20.9. The molecule has 0 bridgehead atoms. The molecule has 0 aliphatic carbocycles. The molecule has 0 spiro atoms. The van der Waals surface area contributed by atoms with E-state index in [0.717, 1.165) is 18.7 Å². The van der Waals surface area contributed by atoms with Crippen LogP contribution in [0.5, 0.6) is 0 Å². The van der Waals surface area contributed by atoms with Gasteiger partial charge in [0.05, 0.1) is 6.54 Å². The summed E-state index contributed by atoms with van der Waals surface area (Å²) in [5, 5.41) is 6.34. The number of aliphatic imine (C=N–C) groups is 1. The lowest BCUT2D eigenvalue weighted by atomic mass is 10.1. The normalized spacial score (nSPS) is 14.0. The minimum atomic E-state index is -0.227. The third-order valence-electron chi connectivity index (χ3n) is 5.10. The molecule has 1 aliphatic heterocycles. The van der Waals surface area contributed by atoms with Crippen LogP contribution in [0.4, 0.5) is 10.3 Å². The van der Waals surface area contributed by atoms with E-state index in [0.29, 0.717) is 56.6 Å². The van der Waals surface area contributed by atoms with Crippen molar-refractivity contribution in [2.45, 2.75) is 26.8 Å². The molecule has 8 nitrogen and oxygen atoms in total. The van der Waals surface area contributed by atoms with E-state index in [1.807, 2.05) is 17.9 Å². The van der Waals surface area contributed by atoms with Crippen LogP contribution in [0.1, 0.15) is 24.5 Å². The van der Waals surface area contributed by atoms with E-state index in [4.69, 9.17) is 0 Å². The van der Waals surface area contributed by atoms with Gasteiger partial charge in [-0.3, -0.25) is 4.79 Å². The van der Waals surface area contributed by atoms with Crippen molar-refractivity contribution in [3.05, 3.63) is 53.6 Å². The highest BCUT2D eigenvalue weighted by atomic mass is 127. The maximum absolute atomic E-state index is 13.7. The fraction of sp³-hybridized carbons (Fsp3) is 0.455. The summed E-state index contributed by atoms with van der Waals surface area (Å²) in [6.45, 7) is 8.02. The Balaban J connectivity index is 0.00000363. The second-order valence-corrected chi connectivity index (χ2v) is 7.37. The number of aryl methyl sites for hydroxylation is 1. The minimum absolute atomic E-state index is 0. The molecule has 0 atom stereocenters. The highest BCUT2D eigenvalue weighted by Gasteiger charge is 2.22. The number of nitrogens with one attached hydrogen (secondary N) is 2. The largest absolute Gasteiger partial charge is 0.357 e. The summed E-state index contributed by atoms with van der Waals surface area (Å²) in [4.78, 5) is 29.6. The predicted octanol–water partition coefficient (Wildman–Crippen LogP) is 2.34. The number of anilines is 1. The van der Waals surface area contributed by atoms with Crippen LogP contribution in [0, 0.1) is 12.7 Å². The molecule has 2 aromatic rings. The fourth-order valence-electron chi connectivity index (χ4n) is 3.30. The van der Waals surface area contributed by atoms with Gasteiger partial charge in [-0.05, 0) is 37.1 Å². The van der Waals surface area contributed by atoms with Crippen LogP contribution in [0.3, 0.4) is 0 Å². The molecule has 10 heteroatoms. The molecule has 0 saturated carbocycles. The monoisotopic (exact) mass is 555 g/mol. The molecule has 2 heterocycles. The number of carbonyl (C=O) groups excluding carboxylic acids is 1. The Hall–Kier alpha value is -2.50. The first-order valence-electron chi connectivity index (χ1n) is 10.6. The second kappa shape index (κ2) is 13.1. The molecule has 2 N–H and O–H groups in total. The van der Waals surface area contributed by atoms with Gasteiger partial charge in [0.15, 0.2) is 5.96 Å². The van der Waals surface area contributed by atoms with Gasteiger partial charge < -0.3 is 20.4 Å². The van der Waals surface area contributed by atoms with Crippen molar-refractivity contribution >= 4 is 41.8 Å². The van der Waals surface area contributed by atoms with Crippen LogP contribution in [-0.2, 0) is 11.3 Å². The minimum Gasteiger partial charge on any atom is -0.357 e. The van der Waals surface area contributed by atoms with Crippen molar-refractivity contribution in [2.24, 2.45) is 4.99 Å². The number of halogens is 2. The summed E-state index contributed by atoms with van der Waals surface area (Å²) in [6.07, 6.45) is 3.83. The maximum atomic E-state index is 13.7. The van der Waals surface area contributed by atoms with Gasteiger partial charge in [-0.1, -0.05) is 12.1 Å². The molecule has 1 aliphatic rings. The highest BCUT2D eigenvalue weighted by Crippen LogP contribution is 2.11. The molecular weight excluding hydrogens is 524 g/mol. The number of nitrogens with zero attached hydrogens (tertiary/aromatic N) is 5. The topological polar surface area (TPSA) is 85.8 Å². The summed E-state index contributed by atoms with van der Waals surface area (Å²) in [5.74, 6) is 1.20. The van der Waals surface area contributed by atoms with E-state index < -0.39 is 0 Å². The zero-order valence-electron chi connectivity index (χ0n) is 18.6. The van der Waals surface area contributed by atoms with Gasteiger partial charge in [-0.25, -0.2) is 19.4 Å². The number of benzene rings is 1. The molecule has 1 saturated heterocycles. The van der Waals surface area contributed by atoms with Crippen molar-refractivity contribution in [1.82, 2.24) is 25.5 Å². The average Bonchev–Trinajstić information content (AvgIpc) is 2.80. The molecule has 3 rings (SSSR count). The molecule has 1 aromatic heterocycles. The quantitative estimate of drug-likeness (QED) is 0.310. The van der Waals surface area contributed by atoms with Gasteiger partial charge in [0.1, 0.15) is 5.82 Å². The third kappa shape index (κ3) is 7.57. The number of carbonyl (C=O) groups is 1. The van der Waals surface area contributed by atoms with E-state index in [2.05, 4.69) is 30.5 Å². The van der Waals surface area contributed by atoms with E-state index in [1.165, 1.54) is 6.07 Å². The van der Waals surface area contributed by atoms with Gasteiger partial charge in [-0.2, -0.15) is 0 Å². The van der Waals surface area contributed by atoms with Crippen molar-refractivity contribution in [3.8, 4) is 0 Å². The molecule has 1 amide bonds. The molecule has 0 unspecified atom stereocenters. The summed E-state index contributed by atoms with van der Waals surface area (Å²) < 4.78 is 13.7. The lowest BCUT2D eigenvalue weighted by Gasteiger charge is -2.34. The van der Waals surface area contributed by atoms with Gasteiger partial charge in [0.25, 0.3) is 0 Å². The Morgan fingerprint density at radius 1 is 1.16 bits per heavy atom. The van der Waals surface area contributed by atoms with Gasteiger partial charge in [0, 0.05) is 58.1 Å². The lowest BCUT2D eigenvalue weighted by molar-refractivity contribution is -0.131. The summed E-state index contributed by atoms with van der Waals surface area (Å²) >= 11 is 0. The van der Waals surface area contributed by atoms with Crippen molar-refractivity contribution in [1.29, 1.82) is 0 Å². The van der Waals surface area contributed by atoms with Crippen LogP contribution in [0.25, 0.3) is 0 Å². The number of hydrogen-bond donors (Lipinski definition) is 2. The molecule has 0 radical (unpaired) electrons. The Labute approximate surface area is 205 Å². The number of rotatable bonds is 7. The van der Waals surface area contributed by atoms with Crippen LogP contribution in [0.15, 0.2) is 41.7 Å². The maximum Gasteiger partial charge on any atom is 0.225 e. The van der Waals surface area contributed by atoms with Crippen LogP contribution in [-0.4, -0.2) is 66.0 Å². The fourth-order valence-corrected chi connectivity index (χ4v) is 3.30. The summed E-state index contributed by atoms with van der Waals surface area (Å²) in [7, 11) is 0. The molecule has 1 fully saturated rings. The van der Waals surface area contributed by atoms with Gasteiger partial charge in [-0.15, -0.1) is 24.0 Å². The van der Waals surface area contributed by atoms with Crippen molar-refractivity contribution in [2.75, 3.05) is 44.2 Å². The average molecular weight is 555 g/mol. The number of aromatic nitrogens is 2. The Kier molecular flexibility index (Phi) is 10.6. The van der Waals surface area contributed by atoms with E-state index in [-0.39, 0.29) is 35.7 Å². The third-order valence-corrected chi connectivity index (χ3v) is 5.10. The van der Waals surface area contributed by atoms with Crippen molar-refractivity contribution < 1.29 is 9.18 Å². The number of amides is 1. The number of piperazine rings is 1. The summed E-state index contributed by atoms with van der Waals surface area (Å²) in [5.41, 5.74) is 1.42. The SMILES string of the molecule is CCNC(=NCc1ccc(C)c(F)c1)NCCC(=O)N1CCN(c2ncccn2)CC1.I. The second-order valence-electron chi connectivity index (χ2n) is 7.37. The first-order chi connectivity index (χ1) is 15.1. The lowest BCUT2D eigenvalue weighted by Crippen LogP contribution is -2.50. The summed E-state index contributed by atoms with van der Waals surface area (Å²) in [6, 6.07) is 6.92. The van der Waals surface area contributed by atoms with E-state index in [1.54, 1.807) is 31.5 Å². The first-order valence-corrected chi connectivity index (χ1v) is 10.6. The molecular formula is C22H31FIN7O. The Morgan fingerprint density at radius 2 is 1.88 bits per heavy atom. The molecule has 32 heavy (non-hydrogen) atoms. The van der Waals surface area contributed by atoms with Gasteiger partial charge >= 0.3 is 0 Å².